The van der Waals surface area contributed by atoms with Crippen LogP contribution in [0.5, 0.6) is 0 Å². The van der Waals surface area contributed by atoms with Crippen LogP contribution in [0.2, 0.25) is 15.2 Å². The fourth-order valence-corrected chi connectivity index (χ4v) is 2.19. The molecule has 19 heavy (non-hydrogen) atoms. The molecule has 0 bridgehead atoms. The zero-order chi connectivity index (χ0) is 14.0. The standard InChI is InChI=1S/C13H8Cl3NO2/c1-19-13(18)7-5-9(12(16)17-6-7)8-3-2-4-10(14)11(8)15/h2-6H,1H3. The lowest BCUT2D eigenvalue weighted by molar-refractivity contribution is 0.0600. The number of halogens is 3. The van der Waals surface area contributed by atoms with Gasteiger partial charge in [-0.1, -0.05) is 46.9 Å². The highest BCUT2D eigenvalue weighted by Crippen LogP contribution is 2.36. The van der Waals surface area contributed by atoms with E-state index in [0.717, 1.165) is 0 Å². The number of ether oxygens (including phenoxy) is 1. The van der Waals surface area contributed by atoms with Gasteiger partial charge in [0.2, 0.25) is 0 Å². The first-order chi connectivity index (χ1) is 9.04. The van der Waals surface area contributed by atoms with Crippen molar-refractivity contribution in [3.63, 3.8) is 0 Å². The Bertz CT molecular complexity index is 644. The molecule has 3 nitrogen and oxygen atoms in total. The number of carbonyl (C=O) groups excluding carboxylic acids is 1. The van der Waals surface area contributed by atoms with Gasteiger partial charge in [0.05, 0.1) is 22.7 Å². The molecule has 0 radical (unpaired) electrons. The zero-order valence-electron chi connectivity index (χ0n) is 9.78. The van der Waals surface area contributed by atoms with Gasteiger partial charge in [-0.2, -0.15) is 0 Å². The second-order valence-electron chi connectivity index (χ2n) is 3.66. The van der Waals surface area contributed by atoms with Crippen molar-refractivity contribution in [2.24, 2.45) is 0 Å². The van der Waals surface area contributed by atoms with Gasteiger partial charge in [0.1, 0.15) is 5.15 Å². The highest BCUT2D eigenvalue weighted by Gasteiger charge is 2.14. The van der Waals surface area contributed by atoms with Gasteiger partial charge >= 0.3 is 5.97 Å². The smallest absolute Gasteiger partial charge is 0.339 e. The summed E-state index contributed by atoms with van der Waals surface area (Å²) in [5, 5.41) is 0.991. The first-order valence-corrected chi connectivity index (χ1v) is 6.36. The van der Waals surface area contributed by atoms with E-state index in [4.69, 9.17) is 34.8 Å². The fourth-order valence-electron chi connectivity index (χ4n) is 1.58. The molecule has 0 aliphatic rings. The number of pyridine rings is 1. The molecule has 6 heteroatoms. The van der Waals surface area contributed by atoms with Crippen LogP contribution in [0.15, 0.2) is 30.5 Å². The molecule has 2 aromatic rings. The number of hydrogen-bond donors (Lipinski definition) is 0. The van der Waals surface area contributed by atoms with Gasteiger partial charge in [-0.25, -0.2) is 9.78 Å². The number of methoxy groups -OCH3 is 1. The number of aromatic nitrogens is 1. The maximum absolute atomic E-state index is 11.5. The van der Waals surface area contributed by atoms with Crippen molar-refractivity contribution < 1.29 is 9.53 Å². The van der Waals surface area contributed by atoms with Crippen LogP contribution in [0.1, 0.15) is 10.4 Å². The summed E-state index contributed by atoms with van der Waals surface area (Å²) in [4.78, 5) is 15.5. The van der Waals surface area contributed by atoms with E-state index in [0.29, 0.717) is 21.2 Å². The van der Waals surface area contributed by atoms with Crippen molar-refractivity contribution in [1.29, 1.82) is 0 Å². The van der Waals surface area contributed by atoms with Gasteiger partial charge in [-0.05, 0) is 12.1 Å². The van der Waals surface area contributed by atoms with E-state index in [-0.39, 0.29) is 10.7 Å². The predicted octanol–water partition coefficient (Wildman–Crippen LogP) is 4.50. The Balaban J connectivity index is 2.61. The maximum Gasteiger partial charge on any atom is 0.339 e. The first kappa shape index (κ1) is 14.1. The van der Waals surface area contributed by atoms with Crippen LogP contribution in [0.25, 0.3) is 11.1 Å². The molecule has 0 amide bonds. The topological polar surface area (TPSA) is 39.2 Å². The van der Waals surface area contributed by atoms with E-state index < -0.39 is 5.97 Å². The Kier molecular flexibility index (Phi) is 4.30. The average Bonchev–Trinajstić information content (AvgIpc) is 2.42. The molecule has 1 aromatic carbocycles. The van der Waals surface area contributed by atoms with Crippen LogP contribution in [0.4, 0.5) is 0 Å². The SMILES string of the molecule is COC(=O)c1cnc(Cl)c(-c2cccc(Cl)c2Cl)c1. The van der Waals surface area contributed by atoms with E-state index >= 15 is 0 Å². The molecule has 0 spiro atoms. The zero-order valence-corrected chi connectivity index (χ0v) is 12.1. The average molecular weight is 317 g/mol. The number of hydrogen-bond acceptors (Lipinski definition) is 3. The molecule has 0 unspecified atom stereocenters. The second kappa shape index (κ2) is 5.78. The summed E-state index contributed by atoms with van der Waals surface area (Å²) in [6.07, 6.45) is 1.34. The lowest BCUT2D eigenvalue weighted by atomic mass is 10.1. The van der Waals surface area contributed by atoms with E-state index in [1.807, 2.05) is 0 Å². The van der Waals surface area contributed by atoms with Crippen LogP contribution in [0.3, 0.4) is 0 Å². The van der Waals surface area contributed by atoms with Gasteiger partial charge in [-0.3, -0.25) is 0 Å². The predicted molar refractivity (Wildman–Crippen MR) is 76.0 cm³/mol. The Hall–Kier alpha value is -1.29. The van der Waals surface area contributed by atoms with Crippen molar-refractivity contribution in [2.45, 2.75) is 0 Å². The van der Waals surface area contributed by atoms with Crippen LogP contribution < -0.4 is 0 Å². The molecule has 98 valence electrons. The van der Waals surface area contributed by atoms with Gasteiger partial charge in [0, 0.05) is 17.3 Å². The van der Waals surface area contributed by atoms with Crippen molar-refractivity contribution in [3.05, 3.63) is 51.2 Å². The third-order valence-electron chi connectivity index (χ3n) is 2.50. The van der Waals surface area contributed by atoms with E-state index in [1.54, 1.807) is 24.3 Å². The highest BCUT2D eigenvalue weighted by atomic mass is 35.5. The van der Waals surface area contributed by atoms with Gasteiger partial charge in [0.25, 0.3) is 0 Å². The number of rotatable bonds is 2. The fraction of sp³-hybridized carbons (Fsp3) is 0.0769. The molecule has 0 atom stereocenters. The first-order valence-electron chi connectivity index (χ1n) is 5.23. The minimum atomic E-state index is -0.497. The quantitative estimate of drug-likeness (QED) is 0.605. The van der Waals surface area contributed by atoms with E-state index in [1.165, 1.54) is 13.3 Å². The van der Waals surface area contributed by atoms with Crippen molar-refractivity contribution >= 4 is 40.8 Å². The summed E-state index contributed by atoms with van der Waals surface area (Å²) in [5.41, 5.74) is 1.42. The Morgan fingerprint density at radius 1 is 1.21 bits per heavy atom. The monoisotopic (exact) mass is 315 g/mol. The number of esters is 1. The molecule has 2 rings (SSSR count). The number of benzene rings is 1. The molecule has 0 fully saturated rings. The summed E-state index contributed by atoms with van der Waals surface area (Å²) in [6, 6.07) is 6.72. The molecular formula is C13H8Cl3NO2. The third kappa shape index (κ3) is 2.84. The van der Waals surface area contributed by atoms with Crippen LogP contribution in [0, 0.1) is 0 Å². The largest absolute Gasteiger partial charge is 0.465 e. The Morgan fingerprint density at radius 3 is 2.63 bits per heavy atom. The minimum Gasteiger partial charge on any atom is -0.465 e. The van der Waals surface area contributed by atoms with Crippen molar-refractivity contribution in [3.8, 4) is 11.1 Å². The number of carbonyl (C=O) groups is 1. The molecule has 0 aliphatic carbocycles. The molecular weight excluding hydrogens is 309 g/mol. The van der Waals surface area contributed by atoms with Gasteiger partial charge in [-0.15, -0.1) is 0 Å². The van der Waals surface area contributed by atoms with Crippen molar-refractivity contribution in [2.75, 3.05) is 7.11 Å². The van der Waals surface area contributed by atoms with E-state index in [9.17, 15) is 4.79 Å². The molecule has 0 saturated heterocycles. The van der Waals surface area contributed by atoms with Crippen LogP contribution in [-0.4, -0.2) is 18.1 Å². The normalized spacial score (nSPS) is 10.3. The van der Waals surface area contributed by atoms with E-state index in [2.05, 4.69) is 9.72 Å². The summed E-state index contributed by atoms with van der Waals surface area (Å²) >= 11 is 18.1. The van der Waals surface area contributed by atoms with Gasteiger partial charge < -0.3 is 4.74 Å². The Labute approximate surface area is 125 Å². The van der Waals surface area contributed by atoms with Crippen LogP contribution >= 0.6 is 34.8 Å². The molecule has 0 aliphatic heterocycles. The van der Waals surface area contributed by atoms with Crippen molar-refractivity contribution in [1.82, 2.24) is 4.98 Å². The second-order valence-corrected chi connectivity index (χ2v) is 4.80. The Morgan fingerprint density at radius 2 is 1.95 bits per heavy atom. The molecule has 1 aromatic heterocycles. The summed E-state index contributed by atoms with van der Waals surface area (Å²) < 4.78 is 4.64. The lowest BCUT2D eigenvalue weighted by Gasteiger charge is -2.09. The molecule has 0 N–H and O–H groups in total. The third-order valence-corrected chi connectivity index (χ3v) is 3.62. The summed E-state index contributed by atoms with van der Waals surface area (Å²) in [6.45, 7) is 0. The van der Waals surface area contributed by atoms with Crippen LogP contribution in [-0.2, 0) is 4.74 Å². The number of nitrogens with zero attached hydrogens (tertiary/aromatic N) is 1. The maximum atomic E-state index is 11.5. The molecule has 0 saturated carbocycles. The summed E-state index contributed by atoms with van der Waals surface area (Å²) in [5.74, 6) is -0.497. The molecule has 1 heterocycles. The lowest BCUT2D eigenvalue weighted by Crippen LogP contribution is -2.02. The van der Waals surface area contributed by atoms with Gasteiger partial charge in [0.15, 0.2) is 0 Å². The summed E-state index contributed by atoms with van der Waals surface area (Å²) in [7, 11) is 1.29. The minimum absolute atomic E-state index is 0.233. The highest BCUT2D eigenvalue weighted by molar-refractivity contribution is 6.44.